The molecule has 34 heavy (non-hydrogen) atoms. The monoisotopic (exact) mass is 480 g/mol. The first-order valence-corrected chi connectivity index (χ1v) is 13.3. The van der Waals surface area contributed by atoms with E-state index in [1.807, 2.05) is 0 Å². The number of aliphatic hydroxyl groups is 2. The van der Waals surface area contributed by atoms with Crippen molar-refractivity contribution in [1.82, 2.24) is 0 Å². The first-order valence-electron chi connectivity index (χ1n) is 13.3. The first kappa shape index (κ1) is 27.6. The summed E-state index contributed by atoms with van der Waals surface area (Å²) < 4.78 is 16.8. The molecule has 0 aromatic carbocycles. The third-order valence-electron chi connectivity index (χ3n) is 9.25. The predicted octanol–water partition coefficient (Wildman–Crippen LogP) is 5.01. The van der Waals surface area contributed by atoms with Crippen LogP contribution in [-0.4, -0.2) is 53.5 Å². The third kappa shape index (κ3) is 5.88. The lowest BCUT2D eigenvalue weighted by Gasteiger charge is -2.58. The Morgan fingerprint density at radius 3 is 2.59 bits per heavy atom. The van der Waals surface area contributed by atoms with Crippen LogP contribution in [0.3, 0.4) is 0 Å². The lowest BCUT2D eigenvalue weighted by molar-refractivity contribution is -0.297. The molecule has 9 unspecified atom stereocenters. The minimum absolute atomic E-state index is 0.355. The number of aliphatic hydroxyl groups excluding tert-OH is 2. The van der Waals surface area contributed by atoms with Gasteiger partial charge in [0.05, 0.1) is 12.7 Å². The fraction of sp³-hybridized carbons (Fsp3) is 0.893. The molecule has 0 bridgehead atoms. The summed E-state index contributed by atoms with van der Waals surface area (Å²) in [4.78, 5) is 11.5. The SMILES string of the molecule is C=C1CCC2C(C)(C)CCCC2(C)C1CCC(C)CCOC1OC(C)C(O)C(O)C1OC(C)=O. The van der Waals surface area contributed by atoms with Gasteiger partial charge in [0.2, 0.25) is 0 Å². The highest BCUT2D eigenvalue weighted by Crippen LogP contribution is 2.61. The van der Waals surface area contributed by atoms with Crippen LogP contribution in [0.5, 0.6) is 0 Å². The van der Waals surface area contributed by atoms with Gasteiger partial charge in [0.1, 0.15) is 12.2 Å². The summed E-state index contributed by atoms with van der Waals surface area (Å²) in [7, 11) is 0. The number of hydrogen-bond acceptors (Lipinski definition) is 6. The Bertz CT molecular complexity index is 720. The van der Waals surface area contributed by atoms with Crippen LogP contribution in [0.15, 0.2) is 12.2 Å². The average molecular weight is 481 g/mol. The molecule has 0 amide bonds. The second-order valence-electron chi connectivity index (χ2n) is 12.3. The molecule has 0 aromatic rings. The van der Waals surface area contributed by atoms with Crippen molar-refractivity contribution in [2.24, 2.45) is 28.6 Å². The zero-order chi connectivity index (χ0) is 25.3. The molecule has 0 aromatic heterocycles. The van der Waals surface area contributed by atoms with Crippen molar-refractivity contribution in [2.45, 2.75) is 124 Å². The maximum absolute atomic E-state index is 11.5. The Labute approximate surface area is 206 Å². The van der Waals surface area contributed by atoms with Gasteiger partial charge in [-0.25, -0.2) is 0 Å². The van der Waals surface area contributed by atoms with E-state index in [0.29, 0.717) is 29.3 Å². The van der Waals surface area contributed by atoms with E-state index in [9.17, 15) is 15.0 Å². The van der Waals surface area contributed by atoms with Gasteiger partial charge in [-0.3, -0.25) is 4.79 Å². The zero-order valence-electron chi connectivity index (χ0n) is 22.2. The molecule has 1 heterocycles. The van der Waals surface area contributed by atoms with Gasteiger partial charge in [0.25, 0.3) is 0 Å². The van der Waals surface area contributed by atoms with Crippen molar-refractivity contribution in [3.05, 3.63) is 12.2 Å². The Morgan fingerprint density at radius 2 is 1.91 bits per heavy atom. The summed E-state index contributed by atoms with van der Waals surface area (Å²) in [6, 6.07) is 0. The van der Waals surface area contributed by atoms with Crippen molar-refractivity contribution < 1.29 is 29.2 Å². The smallest absolute Gasteiger partial charge is 0.303 e. The molecule has 3 aliphatic rings. The molecular formula is C28H48O6. The third-order valence-corrected chi connectivity index (χ3v) is 9.25. The van der Waals surface area contributed by atoms with Gasteiger partial charge in [-0.1, -0.05) is 52.7 Å². The van der Waals surface area contributed by atoms with Gasteiger partial charge < -0.3 is 24.4 Å². The second-order valence-corrected chi connectivity index (χ2v) is 12.3. The van der Waals surface area contributed by atoms with Crippen LogP contribution in [0.1, 0.15) is 92.9 Å². The number of allylic oxidation sites excluding steroid dienone is 1. The summed E-state index contributed by atoms with van der Waals surface area (Å²) in [5.74, 6) is 1.29. The van der Waals surface area contributed by atoms with E-state index in [1.54, 1.807) is 6.92 Å². The van der Waals surface area contributed by atoms with E-state index in [1.165, 1.54) is 44.6 Å². The molecule has 3 rings (SSSR count). The van der Waals surface area contributed by atoms with Gasteiger partial charge in [-0.15, -0.1) is 0 Å². The van der Waals surface area contributed by atoms with E-state index >= 15 is 0 Å². The number of fused-ring (bicyclic) bond motifs is 1. The van der Waals surface area contributed by atoms with E-state index in [-0.39, 0.29) is 0 Å². The summed E-state index contributed by atoms with van der Waals surface area (Å²) in [5, 5.41) is 20.4. The largest absolute Gasteiger partial charge is 0.454 e. The van der Waals surface area contributed by atoms with Crippen molar-refractivity contribution in [3.63, 3.8) is 0 Å². The zero-order valence-corrected chi connectivity index (χ0v) is 22.2. The van der Waals surface area contributed by atoms with Crippen molar-refractivity contribution in [2.75, 3.05) is 6.61 Å². The Balaban J connectivity index is 1.52. The van der Waals surface area contributed by atoms with Crippen molar-refractivity contribution >= 4 is 5.97 Å². The highest BCUT2D eigenvalue weighted by Gasteiger charge is 2.52. The molecule has 1 saturated heterocycles. The quantitative estimate of drug-likeness (QED) is 0.375. The molecule has 9 atom stereocenters. The molecule has 2 saturated carbocycles. The molecule has 1 aliphatic heterocycles. The van der Waals surface area contributed by atoms with Crippen LogP contribution >= 0.6 is 0 Å². The summed E-state index contributed by atoms with van der Waals surface area (Å²) in [6.45, 7) is 17.6. The topological polar surface area (TPSA) is 85.2 Å². The van der Waals surface area contributed by atoms with Gasteiger partial charge >= 0.3 is 5.97 Å². The summed E-state index contributed by atoms with van der Waals surface area (Å²) >= 11 is 0. The van der Waals surface area contributed by atoms with Gasteiger partial charge in [-0.2, -0.15) is 0 Å². The van der Waals surface area contributed by atoms with Gasteiger partial charge in [-0.05, 0) is 74.0 Å². The summed E-state index contributed by atoms with van der Waals surface area (Å²) in [5.41, 5.74) is 2.22. The number of hydrogen-bond donors (Lipinski definition) is 2. The normalized spacial score (nSPS) is 40.9. The molecule has 6 heteroatoms. The Morgan fingerprint density at radius 1 is 1.21 bits per heavy atom. The molecule has 2 N–H and O–H groups in total. The predicted molar refractivity (Wildman–Crippen MR) is 132 cm³/mol. The average Bonchev–Trinajstić information content (AvgIpc) is 2.73. The van der Waals surface area contributed by atoms with Gasteiger partial charge in [0.15, 0.2) is 12.4 Å². The van der Waals surface area contributed by atoms with Crippen LogP contribution in [0.25, 0.3) is 0 Å². The molecule has 0 radical (unpaired) electrons. The number of carbonyl (C=O) groups excluding carboxylic acids is 1. The fourth-order valence-corrected chi connectivity index (χ4v) is 7.24. The van der Waals surface area contributed by atoms with Crippen LogP contribution in [0.4, 0.5) is 0 Å². The lowest BCUT2D eigenvalue weighted by atomic mass is 9.47. The minimum atomic E-state index is -1.24. The molecule has 6 nitrogen and oxygen atoms in total. The number of ether oxygens (including phenoxy) is 3. The molecule has 3 fully saturated rings. The Kier molecular flexibility index (Phi) is 8.92. The van der Waals surface area contributed by atoms with Crippen LogP contribution < -0.4 is 0 Å². The standard InChI is InChI=1S/C28H48O6/c1-17(13-16-32-26-25(34-20(4)29)24(31)23(30)19(3)33-26)9-11-21-18(2)10-12-22-27(5,6)14-8-15-28(21,22)7/h17,19,21-26,30-31H,2,8-16H2,1,3-7H3. The van der Waals surface area contributed by atoms with Crippen molar-refractivity contribution in [1.29, 1.82) is 0 Å². The van der Waals surface area contributed by atoms with E-state index < -0.39 is 36.7 Å². The minimum Gasteiger partial charge on any atom is -0.454 e. The lowest BCUT2D eigenvalue weighted by Crippen LogP contribution is -2.58. The highest BCUT2D eigenvalue weighted by molar-refractivity contribution is 5.66. The summed E-state index contributed by atoms with van der Waals surface area (Å²) in [6.07, 6.45) is 4.67. The number of rotatable bonds is 8. The fourth-order valence-electron chi connectivity index (χ4n) is 7.24. The van der Waals surface area contributed by atoms with E-state index in [0.717, 1.165) is 25.2 Å². The van der Waals surface area contributed by atoms with Crippen LogP contribution in [0.2, 0.25) is 0 Å². The number of carbonyl (C=O) groups is 1. The maximum Gasteiger partial charge on any atom is 0.303 e. The van der Waals surface area contributed by atoms with E-state index in [2.05, 4.69) is 34.3 Å². The molecule has 196 valence electrons. The van der Waals surface area contributed by atoms with Gasteiger partial charge in [0, 0.05) is 6.92 Å². The second kappa shape index (κ2) is 11.0. The molecular weight excluding hydrogens is 432 g/mol. The van der Waals surface area contributed by atoms with Crippen LogP contribution in [0, 0.1) is 28.6 Å². The van der Waals surface area contributed by atoms with Crippen LogP contribution in [-0.2, 0) is 19.0 Å². The van der Waals surface area contributed by atoms with Crippen molar-refractivity contribution in [3.8, 4) is 0 Å². The molecule has 0 spiro atoms. The Hall–Kier alpha value is -0.950. The highest BCUT2D eigenvalue weighted by atomic mass is 16.7. The first-order chi connectivity index (χ1) is 15.9. The molecule has 2 aliphatic carbocycles. The van der Waals surface area contributed by atoms with E-state index in [4.69, 9.17) is 14.2 Å². The number of esters is 1. The maximum atomic E-state index is 11.5.